The molecule has 3 rings (SSSR count). The number of rotatable bonds is 5. The van der Waals surface area contributed by atoms with Crippen LogP contribution in [0, 0.1) is 17.2 Å². The highest BCUT2D eigenvalue weighted by molar-refractivity contribution is 9.10. The van der Waals surface area contributed by atoms with E-state index in [2.05, 4.69) is 21.2 Å². The molecule has 0 radical (unpaired) electrons. The van der Waals surface area contributed by atoms with Gasteiger partial charge in [0.1, 0.15) is 5.82 Å². The molecule has 2 aliphatic rings. The Balaban J connectivity index is 1.88. The Morgan fingerprint density at radius 1 is 1.45 bits per heavy atom. The van der Waals surface area contributed by atoms with E-state index in [1.807, 2.05) is 13.1 Å². The highest BCUT2D eigenvalue weighted by atomic mass is 79.9. The van der Waals surface area contributed by atoms with Crippen LogP contribution in [0.25, 0.3) is 0 Å². The summed E-state index contributed by atoms with van der Waals surface area (Å²) in [6.45, 7) is 1.69. The van der Waals surface area contributed by atoms with Crippen molar-refractivity contribution in [1.82, 2.24) is 5.32 Å². The van der Waals surface area contributed by atoms with Crippen LogP contribution in [0.2, 0.25) is 0 Å². The van der Waals surface area contributed by atoms with Gasteiger partial charge in [-0.2, -0.15) is 0 Å². The van der Waals surface area contributed by atoms with E-state index < -0.39 is 0 Å². The highest BCUT2D eigenvalue weighted by Crippen LogP contribution is 2.49. The van der Waals surface area contributed by atoms with E-state index in [1.165, 1.54) is 12.8 Å². The van der Waals surface area contributed by atoms with Gasteiger partial charge in [0.15, 0.2) is 0 Å². The third-order valence-electron chi connectivity index (χ3n) is 4.63. The van der Waals surface area contributed by atoms with Gasteiger partial charge < -0.3 is 10.1 Å². The van der Waals surface area contributed by atoms with Crippen LogP contribution in [0.5, 0.6) is 0 Å². The summed E-state index contributed by atoms with van der Waals surface area (Å²) >= 11 is 3.45. The second-order valence-corrected chi connectivity index (χ2v) is 7.10. The second kappa shape index (κ2) is 5.74. The molecule has 0 amide bonds. The second-order valence-electron chi connectivity index (χ2n) is 6.18. The van der Waals surface area contributed by atoms with Crippen LogP contribution < -0.4 is 5.32 Å². The van der Waals surface area contributed by atoms with Gasteiger partial charge in [-0.05, 0) is 62.4 Å². The van der Waals surface area contributed by atoms with Crippen LogP contribution >= 0.6 is 15.9 Å². The summed E-state index contributed by atoms with van der Waals surface area (Å²) in [5, 5.41) is 3.30. The Hall–Kier alpha value is -0.450. The molecule has 2 atom stereocenters. The fourth-order valence-corrected chi connectivity index (χ4v) is 4.00. The smallest absolute Gasteiger partial charge is 0.126 e. The van der Waals surface area contributed by atoms with Gasteiger partial charge in [-0.3, -0.25) is 0 Å². The third kappa shape index (κ3) is 2.78. The molecule has 1 saturated heterocycles. The van der Waals surface area contributed by atoms with Crippen molar-refractivity contribution >= 4 is 15.9 Å². The average Bonchev–Trinajstić information content (AvgIpc) is 3.17. The van der Waals surface area contributed by atoms with Gasteiger partial charge in [0.05, 0.1) is 6.10 Å². The molecule has 4 heteroatoms. The Labute approximate surface area is 128 Å². The van der Waals surface area contributed by atoms with Crippen molar-refractivity contribution in [1.29, 1.82) is 0 Å². The maximum absolute atomic E-state index is 14.1. The summed E-state index contributed by atoms with van der Waals surface area (Å²) in [7, 11) is 1.97. The maximum atomic E-state index is 14.1. The Kier molecular flexibility index (Phi) is 4.16. The first kappa shape index (κ1) is 14.5. The molecule has 1 aromatic carbocycles. The van der Waals surface area contributed by atoms with Gasteiger partial charge in [0.25, 0.3) is 0 Å². The van der Waals surface area contributed by atoms with Crippen molar-refractivity contribution < 1.29 is 9.13 Å². The number of halogens is 2. The molecule has 2 fully saturated rings. The zero-order chi connectivity index (χ0) is 14.2. The van der Waals surface area contributed by atoms with Crippen molar-refractivity contribution in [2.45, 2.75) is 31.8 Å². The number of hydrogen-bond acceptors (Lipinski definition) is 2. The van der Waals surface area contributed by atoms with E-state index in [0.29, 0.717) is 5.92 Å². The molecular formula is C16H21BrFNO. The summed E-state index contributed by atoms with van der Waals surface area (Å²) in [5.74, 6) is 0.575. The molecule has 20 heavy (non-hydrogen) atoms. The molecule has 0 bridgehead atoms. The van der Waals surface area contributed by atoms with Gasteiger partial charge >= 0.3 is 0 Å². The van der Waals surface area contributed by atoms with E-state index in [-0.39, 0.29) is 17.3 Å². The minimum absolute atomic E-state index is 0.0392. The van der Waals surface area contributed by atoms with Crippen molar-refractivity contribution in [3.8, 4) is 0 Å². The lowest BCUT2D eigenvalue weighted by molar-refractivity contribution is 0.0311. The van der Waals surface area contributed by atoms with Gasteiger partial charge in [0, 0.05) is 23.0 Å². The lowest BCUT2D eigenvalue weighted by Gasteiger charge is -2.34. The molecule has 0 spiro atoms. The Bertz CT molecular complexity index is 491. The Morgan fingerprint density at radius 2 is 2.25 bits per heavy atom. The molecule has 1 saturated carbocycles. The molecular weight excluding hydrogens is 321 g/mol. The minimum Gasteiger partial charge on any atom is -0.377 e. The molecule has 0 aromatic heterocycles. The van der Waals surface area contributed by atoms with Gasteiger partial charge in [-0.25, -0.2) is 4.39 Å². The molecule has 1 aliphatic heterocycles. The number of hydrogen-bond donors (Lipinski definition) is 1. The zero-order valence-electron chi connectivity index (χ0n) is 11.8. The quantitative estimate of drug-likeness (QED) is 0.884. The number of benzene rings is 1. The van der Waals surface area contributed by atoms with Crippen LogP contribution in [0.4, 0.5) is 4.39 Å². The summed E-state index contributed by atoms with van der Waals surface area (Å²) in [6.07, 6.45) is 4.57. The largest absolute Gasteiger partial charge is 0.377 e. The van der Waals surface area contributed by atoms with Crippen LogP contribution in [-0.4, -0.2) is 26.3 Å². The first-order valence-electron chi connectivity index (χ1n) is 7.35. The maximum Gasteiger partial charge on any atom is 0.126 e. The molecule has 110 valence electrons. The normalized spacial score (nSPS) is 29.9. The fraction of sp³-hybridized carbons (Fsp3) is 0.625. The standard InChI is InChI=1S/C16H21BrFNO/c1-19-10-16(6-7-20-15(16)11-2-3-11)9-12-8-13(17)4-5-14(12)18/h4-5,8,11,15,19H,2-3,6-7,9-10H2,1H3. The van der Waals surface area contributed by atoms with Crippen LogP contribution in [0.15, 0.2) is 22.7 Å². The average molecular weight is 342 g/mol. The fourth-order valence-electron chi connectivity index (χ4n) is 3.59. The van der Waals surface area contributed by atoms with E-state index >= 15 is 0 Å². The minimum atomic E-state index is -0.106. The summed E-state index contributed by atoms with van der Waals surface area (Å²) in [4.78, 5) is 0. The number of nitrogens with one attached hydrogen (secondary N) is 1. The lowest BCUT2D eigenvalue weighted by atomic mass is 9.74. The monoisotopic (exact) mass is 341 g/mol. The highest BCUT2D eigenvalue weighted by Gasteiger charge is 2.50. The van der Waals surface area contributed by atoms with Crippen LogP contribution in [-0.2, 0) is 11.2 Å². The zero-order valence-corrected chi connectivity index (χ0v) is 13.4. The predicted octanol–water partition coefficient (Wildman–Crippen LogP) is 3.54. The van der Waals surface area contributed by atoms with E-state index in [1.54, 1.807) is 12.1 Å². The van der Waals surface area contributed by atoms with Crippen molar-refractivity contribution in [2.24, 2.45) is 11.3 Å². The van der Waals surface area contributed by atoms with Crippen molar-refractivity contribution in [3.05, 3.63) is 34.1 Å². The molecule has 1 N–H and O–H groups in total. The molecule has 2 nitrogen and oxygen atoms in total. The molecule has 1 heterocycles. The molecule has 2 unspecified atom stereocenters. The SMILES string of the molecule is CNCC1(Cc2cc(Br)ccc2F)CCOC1C1CC1. The van der Waals surface area contributed by atoms with Crippen molar-refractivity contribution in [2.75, 3.05) is 20.2 Å². The van der Waals surface area contributed by atoms with E-state index in [4.69, 9.17) is 4.74 Å². The first-order valence-corrected chi connectivity index (χ1v) is 8.14. The topological polar surface area (TPSA) is 21.3 Å². The predicted molar refractivity (Wildman–Crippen MR) is 81.2 cm³/mol. The van der Waals surface area contributed by atoms with Crippen LogP contribution in [0.3, 0.4) is 0 Å². The van der Waals surface area contributed by atoms with Crippen molar-refractivity contribution in [3.63, 3.8) is 0 Å². The lowest BCUT2D eigenvalue weighted by Crippen LogP contribution is -2.42. The molecule has 1 aliphatic carbocycles. The van der Waals surface area contributed by atoms with E-state index in [9.17, 15) is 4.39 Å². The Morgan fingerprint density at radius 3 is 2.95 bits per heavy atom. The summed E-state index contributed by atoms with van der Waals surface area (Å²) in [5.41, 5.74) is 0.836. The van der Waals surface area contributed by atoms with Crippen LogP contribution in [0.1, 0.15) is 24.8 Å². The first-order chi connectivity index (χ1) is 9.64. The molecule has 1 aromatic rings. The summed E-state index contributed by atoms with van der Waals surface area (Å²) < 4.78 is 21.0. The van der Waals surface area contributed by atoms with Gasteiger partial charge in [-0.15, -0.1) is 0 Å². The van der Waals surface area contributed by atoms with E-state index in [0.717, 1.165) is 36.0 Å². The number of ether oxygens (including phenoxy) is 1. The summed E-state index contributed by atoms with van der Waals surface area (Å²) in [6, 6.07) is 5.22. The van der Waals surface area contributed by atoms with Gasteiger partial charge in [0.2, 0.25) is 0 Å². The van der Waals surface area contributed by atoms with Gasteiger partial charge in [-0.1, -0.05) is 15.9 Å². The third-order valence-corrected chi connectivity index (χ3v) is 5.12.